The third-order valence-corrected chi connectivity index (χ3v) is 4.48. The first-order valence-corrected chi connectivity index (χ1v) is 7.40. The van der Waals surface area contributed by atoms with Crippen molar-refractivity contribution in [2.24, 2.45) is 0 Å². The van der Waals surface area contributed by atoms with Gasteiger partial charge in [-0.3, -0.25) is 0 Å². The molecule has 0 radical (unpaired) electrons. The first-order chi connectivity index (χ1) is 9.38. The number of nitrogens with two attached hydrogens (primary N) is 1. The minimum atomic E-state index is -0.620. The molecule has 2 N–H and O–H groups in total. The molecule has 0 aliphatic rings. The SMILES string of the molecule is CSC(C)(c1nc(C)nc(C)n1)c1cccc(F)c1N. The van der Waals surface area contributed by atoms with Crippen LogP contribution in [0.2, 0.25) is 0 Å². The van der Waals surface area contributed by atoms with Crippen LogP contribution in [0.3, 0.4) is 0 Å². The first kappa shape index (κ1) is 14.7. The molecule has 0 saturated carbocycles. The van der Waals surface area contributed by atoms with Crippen LogP contribution in [0.25, 0.3) is 0 Å². The van der Waals surface area contributed by atoms with Gasteiger partial charge in [0.05, 0.1) is 10.4 Å². The number of nitrogen functional groups attached to an aromatic ring is 1. The molecule has 0 spiro atoms. The molecule has 4 nitrogen and oxygen atoms in total. The Morgan fingerprint density at radius 3 is 2.30 bits per heavy atom. The lowest BCUT2D eigenvalue weighted by Gasteiger charge is -2.28. The largest absolute Gasteiger partial charge is 0.396 e. The number of para-hydroxylation sites is 1. The molecule has 20 heavy (non-hydrogen) atoms. The Bertz CT molecular complexity index is 627. The van der Waals surface area contributed by atoms with Crippen molar-refractivity contribution in [1.29, 1.82) is 0 Å². The standard InChI is InChI=1S/C14H17FN4S/c1-8-17-9(2)19-13(18-8)14(3,20-4)10-6-5-7-11(15)12(10)16/h5-7H,16H2,1-4H3. The Morgan fingerprint density at radius 2 is 1.75 bits per heavy atom. The van der Waals surface area contributed by atoms with Crippen LogP contribution >= 0.6 is 11.8 Å². The van der Waals surface area contributed by atoms with Gasteiger partial charge in [0.25, 0.3) is 0 Å². The number of benzene rings is 1. The quantitative estimate of drug-likeness (QED) is 0.881. The summed E-state index contributed by atoms with van der Waals surface area (Å²) in [5.74, 6) is 1.45. The van der Waals surface area contributed by atoms with Crippen molar-refractivity contribution >= 4 is 17.4 Å². The molecule has 0 bridgehead atoms. The van der Waals surface area contributed by atoms with Gasteiger partial charge in [-0.05, 0) is 33.1 Å². The van der Waals surface area contributed by atoms with Gasteiger partial charge in [-0.2, -0.15) is 0 Å². The van der Waals surface area contributed by atoms with Crippen molar-refractivity contribution in [3.05, 3.63) is 47.1 Å². The highest BCUT2D eigenvalue weighted by molar-refractivity contribution is 7.99. The second-order valence-electron chi connectivity index (χ2n) is 4.69. The normalized spacial score (nSPS) is 14.1. The molecule has 0 saturated heterocycles. The monoisotopic (exact) mass is 292 g/mol. The van der Waals surface area contributed by atoms with Crippen molar-refractivity contribution in [1.82, 2.24) is 15.0 Å². The number of thioether (sulfide) groups is 1. The number of aromatic nitrogens is 3. The lowest BCUT2D eigenvalue weighted by molar-refractivity contribution is 0.625. The number of rotatable bonds is 3. The summed E-state index contributed by atoms with van der Waals surface area (Å²) in [6.45, 7) is 5.57. The van der Waals surface area contributed by atoms with E-state index >= 15 is 0 Å². The molecule has 1 heterocycles. The topological polar surface area (TPSA) is 64.7 Å². The third kappa shape index (κ3) is 2.47. The maximum Gasteiger partial charge on any atom is 0.152 e. The fraction of sp³-hybridized carbons (Fsp3) is 0.357. The minimum Gasteiger partial charge on any atom is -0.396 e. The highest BCUT2D eigenvalue weighted by atomic mass is 32.2. The Labute approximate surface area is 122 Å². The highest BCUT2D eigenvalue weighted by Crippen LogP contribution is 2.42. The van der Waals surface area contributed by atoms with E-state index in [2.05, 4.69) is 15.0 Å². The van der Waals surface area contributed by atoms with Gasteiger partial charge < -0.3 is 5.73 Å². The Hall–Kier alpha value is -1.69. The lowest BCUT2D eigenvalue weighted by Crippen LogP contribution is -2.25. The van der Waals surface area contributed by atoms with Crippen LogP contribution in [0, 0.1) is 19.7 Å². The Kier molecular flexibility index (Phi) is 3.94. The molecule has 1 aromatic carbocycles. The van der Waals surface area contributed by atoms with Crippen LogP contribution in [-0.4, -0.2) is 21.2 Å². The average molecular weight is 292 g/mol. The second kappa shape index (κ2) is 5.36. The fourth-order valence-electron chi connectivity index (χ4n) is 2.10. The van der Waals surface area contributed by atoms with Crippen LogP contribution < -0.4 is 5.73 Å². The average Bonchev–Trinajstić information content (AvgIpc) is 2.40. The first-order valence-electron chi connectivity index (χ1n) is 6.18. The van der Waals surface area contributed by atoms with E-state index in [4.69, 9.17) is 5.73 Å². The van der Waals surface area contributed by atoms with Crippen LogP contribution in [0.4, 0.5) is 10.1 Å². The zero-order valence-corrected chi connectivity index (χ0v) is 12.8. The van der Waals surface area contributed by atoms with E-state index in [0.29, 0.717) is 23.0 Å². The summed E-state index contributed by atoms with van der Waals surface area (Å²) in [4.78, 5) is 13.0. The molecular weight excluding hydrogens is 275 g/mol. The third-order valence-electron chi connectivity index (χ3n) is 3.26. The predicted molar refractivity (Wildman–Crippen MR) is 80.1 cm³/mol. The van der Waals surface area contributed by atoms with E-state index in [-0.39, 0.29) is 5.69 Å². The van der Waals surface area contributed by atoms with Gasteiger partial charge in [0.2, 0.25) is 0 Å². The van der Waals surface area contributed by atoms with Crippen molar-refractivity contribution < 1.29 is 4.39 Å². The second-order valence-corrected chi connectivity index (χ2v) is 5.92. The molecule has 0 aliphatic carbocycles. The molecule has 2 rings (SSSR count). The van der Waals surface area contributed by atoms with E-state index in [1.54, 1.807) is 6.07 Å². The van der Waals surface area contributed by atoms with Crippen molar-refractivity contribution in [3.8, 4) is 0 Å². The fourth-order valence-corrected chi connectivity index (χ4v) is 2.78. The molecular formula is C14H17FN4S. The Morgan fingerprint density at radius 1 is 1.15 bits per heavy atom. The predicted octanol–water partition coefficient (Wildman–Crippen LogP) is 2.84. The van der Waals surface area contributed by atoms with Gasteiger partial charge in [0.15, 0.2) is 5.82 Å². The van der Waals surface area contributed by atoms with Crippen LogP contribution in [0.15, 0.2) is 18.2 Å². The van der Waals surface area contributed by atoms with Crippen molar-refractivity contribution in [2.45, 2.75) is 25.5 Å². The van der Waals surface area contributed by atoms with Crippen LogP contribution in [0.1, 0.15) is 30.0 Å². The molecule has 1 unspecified atom stereocenters. The summed E-state index contributed by atoms with van der Waals surface area (Å²) in [7, 11) is 0. The summed E-state index contributed by atoms with van der Waals surface area (Å²) in [5, 5.41) is 0. The summed E-state index contributed by atoms with van der Waals surface area (Å²) in [6.07, 6.45) is 1.93. The zero-order valence-electron chi connectivity index (χ0n) is 11.9. The number of halogens is 1. The summed E-state index contributed by atoms with van der Waals surface area (Å²) in [5.41, 5.74) is 6.71. The van der Waals surface area contributed by atoms with Crippen molar-refractivity contribution in [3.63, 3.8) is 0 Å². The van der Waals surface area contributed by atoms with Gasteiger partial charge >= 0.3 is 0 Å². The van der Waals surface area contributed by atoms with E-state index in [0.717, 1.165) is 0 Å². The molecule has 1 atom stereocenters. The molecule has 6 heteroatoms. The maximum absolute atomic E-state index is 13.7. The number of hydrogen-bond donors (Lipinski definition) is 1. The molecule has 0 fully saturated rings. The lowest BCUT2D eigenvalue weighted by atomic mass is 9.97. The molecule has 0 aliphatic heterocycles. The van der Waals surface area contributed by atoms with E-state index < -0.39 is 10.6 Å². The van der Waals surface area contributed by atoms with Gasteiger partial charge in [-0.15, -0.1) is 11.8 Å². The van der Waals surface area contributed by atoms with E-state index in [1.807, 2.05) is 33.1 Å². The zero-order chi connectivity index (χ0) is 14.9. The molecule has 1 aromatic heterocycles. The van der Waals surface area contributed by atoms with Crippen LogP contribution in [-0.2, 0) is 4.75 Å². The summed E-state index contributed by atoms with van der Waals surface area (Å²) in [6, 6.07) is 4.81. The van der Waals surface area contributed by atoms with E-state index in [1.165, 1.54) is 17.8 Å². The van der Waals surface area contributed by atoms with Gasteiger partial charge in [-0.25, -0.2) is 19.3 Å². The van der Waals surface area contributed by atoms with Gasteiger partial charge in [0.1, 0.15) is 17.5 Å². The number of nitrogens with zero attached hydrogens (tertiary/aromatic N) is 3. The van der Waals surface area contributed by atoms with Crippen LogP contribution in [0.5, 0.6) is 0 Å². The van der Waals surface area contributed by atoms with Crippen molar-refractivity contribution in [2.75, 3.05) is 12.0 Å². The number of anilines is 1. The highest BCUT2D eigenvalue weighted by Gasteiger charge is 2.34. The molecule has 2 aromatic rings. The molecule has 0 amide bonds. The van der Waals surface area contributed by atoms with Gasteiger partial charge in [-0.1, -0.05) is 12.1 Å². The summed E-state index contributed by atoms with van der Waals surface area (Å²) >= 11 is 1.52. The van der Waals surface area contributed by atoms with E-state index in [9.17, 15) is 4.39 Å². The molecule has 106 valence electrons. The number of hydrogen-bond acceptors (Lipinski definition) is 5. The number of aryl methyl sites for hydroxylation is 2. The van der Waals surface area contributed by atoms with Gasteiger partial charge in [0, 0.05) is 5.56 Å². The summed E-state index contributed by atoms with van der Waals surface area (Å²) < 4.78 is 13.1. The maximum atomic E-state index is 13.7. The Balaban J connectivity index is 2.67. The smallest absolute Gasteiger partial charge is 0.152 e. The minimum absolute atomic E-state index is 0.139.